The van der Waals surface area contributed by atoms with Gasteiger partial charge >= 0.3 is 6.03 Å². The summed E-state index contributed by atoms with van der Waals surface area (Å²) in [7, 11) is 0. The van der Waals surface area contributed by atoms with Crippen LogP contribution in [-0.4, -0.2) is 30.1 Å². The second-order valence-electron chi connectivity index (χ2n) is 9.37. The summed E-state index contributed by atoms with van der Waals surface area (Å²) in [5, 5.41) is 3.22. The van der Waals surface area contributed by atoms with Crippen molar-refractivity contribution in [3.63, 3.8) is 0 Å². The van der Waals surface area contributed by atoms with Gasteiger partial charge in [-0.15, -0.1) is 0 Å². The first-order valence-electron chi connectivity index (χ1n) is 9.41. The third-order valence-electron chi connectivity index (χ3n) is 6.23. The van der Waals surface area contributed by atoms with Crippen molar-refractivity contribution in [3.05, 3.63) is 0 Å². The van der Waals surface area contributed by atoms with Gasteiger partial charge in [0.15, 0.2) is 0 Å². The van der Waals surface area contributed by atoms with Gasteiger partial charge in [-0.2, -0.15) is 0 Å². The van der Waals surface area contributed by atoms with Crippen molar-refractivity contribution >= 4 is 6.03 Å². The maximum absolute atomic E-state index is 12.6. The van der Waals surface area contributed by atoms with Crippen LogP contribution in [0.3, 0.4) is 0 Å². The van der Waals surface area contributed by atoms with Crippen LogP contribution in [0.2, 0.25) is 0 Å². The van der Waals surface area contributed by atoms with Gasteiger partial charge in [0, 0.05) is 19.1 Å². The summed E-state index contributed by atoms with van der Waals surface area (Å²) < 4.78 is 0. The smallest absolute Gasteiger partial charge is 0.317 e. The second kappa shape index (κ2) is 6.05. The predicted octanol–water partition coefficient (Wildman–Crippen LogP) is 4.57. The number of carbonyl (C=O) groups is 1. The summed E-state index contributed by atoms with van der Waals surface area (Å²) in [6.45, 7) is 8.92. The maximum atomic E-state index is 12.6. The highest BCUT2D eigenvalue weighted by Gasteiger charge is 2.50. The number of urea groups is 1. The highest BCUT2D eigenvalue weighted by molar-refractivity contribution is 5.75. The molecule has 2 saturated carbocycles. The third kappa shape index (κ3) is 3.60. The summed E-state index contributed by atoms with van der Waals surface area (Å²) in [6.07, 6.45) is 11.7. The van der Waals surface area contributed by atoms with Gasteiger partial charge in [0.1, 0.15) is 0 Å². The molecule has 1 heterocycles. The zero-order valence-corrected chi connectivity index (χ0v) is 14.8. The molecule has 126 valence electrons. The van der Waals surface area contributed by atoms with Crippen LogP contribution in [0.5, 0.6) is 0 Å². The van der Waals surface area contributed by atoms with Crippen molar-refractivity contribution in [2.24, 2.45) is 16.7 Å². The minimum Gasteiger partial charge on any atom is -0.338 e. The molecule has 3 nitrogen and oxygen atoms in total. The molecule has 1 N–H and O–H groups in total. The van der Waals surface area contributed by atoms with E-state index in [0.717, 1.165) is 19.0 Å². The van der Waals surface area contributed by atoms with E-state index in [9.17, 15) is 4.79 Å². The number of amides is 2. The van der Waals surface area contributed by atoms with E-state index in [0.29, 0.717) is 16.9 Å². The molecule has 2 atom stereocenters. The Morgan fingerprint density at radius 1 is 1.14 bits per heavy atom. The van der Waals surface area contributed by atoms with Crippen LogP contribution in [0, 0.1) is 16.7 Å². The Hall–Kier alpha value is -0.730. The van der Waals surface area contributed by atoms with Crippen LogP contribution >= 0.6 is 0 Å². The lowest BCUT2D eigenvalue weighted by molar-refractivity contribution is 0.129. The fraction of sp³-hybridized carbons (Fsp3) is 0.947. The fourth-order valence-corrected chi connectivity index (χ4v) is 5.66. The van der Waals surface area contributed by atoms with Gasteiger partial charge in [-0.3, -0.25) is 0 Å². The SMILES string of the molecule is CC1(C)CC2CC(C)(CN2C(=O)NCCC2CCCCC2)C1. The molecule has 0 aromatic heterocycles. The number of carbonyl (C=O) groups excluding carboxylic acids is 1. The highest BCUT2D eigenvalue weighted by atomic mass is 16.2. The average molecular weight is 306 g/mol. The summed E-state index contributed by atoms with van der Waals surface area (Å²) in [4.78, 5) is 14.7. The molecular formula is C19H34N2O. The highest BCUT2D eigenvalue weighted by Crippen LogP contribution is 2.52. The van der Waals surface area contributed by atoms with Crippen molar-refractivity contribution in [3.8, 4) is 0 Å². The molecule has 2 amide bonds. The van der Waals surface area contributed by atoms with E-state index in [1.807, 2.05) is 0 Å². The van der Waals surface area contributed by atoms with Crippen LogP contribution in [0.1, 0.15) is 78.6 Å². The van der Waals surface area contributed by atoms with Crippen LogP contribution in [0.4, 0.5) is 4.79 Å². The summed E-state index contributed by atoms with van der Waals surface area (Å²) >= 11 is 0. The minimum atomic E-state index is 0.197. The molecule has 1 saturated heterocycles. The molecule has 0 aromatic rings. The number of nitrogens with zero attached hydrogens (tertiary/aromatic N) is 1. The molecule has 22 heavy (non-hydrogen) atoms. The molecular weight excluding hydrogens is 272 g/mol. The van der Waals surface area contributed by atoms with E-state index < -0.39 is 0 Å². The van der Waals surface area contributed by atoms with Crippen LogP contribution < -0.4 is 5.32 Å². The Bertz CT molecular complexity index is 414. The lowest BCUT2D eigenvalue weighted by Gasteiger charge is -2.39. The first-order chi connectivity index (χ1) is 10.4. The van der Waals surface area contributed by atoms with Gasteiger partial charge in [-0.25, -0.2) is 4.79 Å². The summed E-state index contributed by atoms with van der Waals surface area (Å²) in [5.41, 5.74) is 0.724. The van der Waals surface area contributed by atoms with Gasteiger partial charge in [0.05, 0.1) is 0 Å². The quantitative estimate of drug-likeness (QED) is 0.814. The zero-order valence-electron chi connectivity index (χ0n) is 14.8. The van der Waals surface area contributed by atoms with Gasteiger partial charge < -0.3 is 10.2 Å². The summed E-state index contributed by atoms with van der Waals surface area (Å²) in [6, 6.07) is 0.658. The monoisotopic (exact) mass is 306 g/mol. The van der Waals surface area contributed by atoms with Crippen LogP contribution in [-0.2, 0) is 0 Å². The zero-order chi connectivity index (χ0) is 15.8. The Morgan fingerprint density at radius 2 is 1.86 bits per heavy atom. The van der Waals surface area contributed by atoms with Gasteiger partial charge in [-0.1, -0.05) is 52.9 Å². The molecule has 3 aliphatic rings. The molecule has 0 radical (unpaired) electrons. The Kier molecular flexibility index (Phi) is 4.44. The second-order valence-corrected chi connectivity index (χ2v) is 9.37. The van der Waals surface area contributed by atoms with Crippen molar-refractivity contribution in [2.45, 2.75) is 84.6 Å². The Morgan fingerprint density at radius 3 is 2.59 bits per heavy atom. The summed E-state index contributed by atoms with van der Waals surface area (Å²) in [5.74, 6) is 0.850. The number of likely N-dealkylation sites (tertiary alicyclic amines) is 1. The van der Waals surface area contributed by atoms with Crippen molar-refractivity contribution in [2.75, 3.05) is 13.1 Å². The number of rotatable bonds is 3. The van der Waals surface area contributed by atoms with Crippen molar-refractivity contribution < 1.29 is 4.79 Å². The molecule has 3 fully saturated rings. The Balaban J connectivity index is 1.48. The predicted molar refractivity (Wildman–Crippen MR) is 90.8 cm³/mol. The maximum Gasteiger partial charge on any atom is 0.317 e. The number of hydrogen-bond acceptors (Lipinski definition) is 1. The van der Waals surface area contributed by atoms with Crippen LogP contribution in [0.25, 0.3) is 0 Å². The molecule has 1 aliphatic heterocycles. The minimum absolute atomic E-state index is 0.197. The van der Waals surface area contributed by atoms with Crippen molar-refractivity contribution in [1.82, 2.24) is 10.2 Å². The van der Waals surface area contributed by atoms with Crippen LogP contribution in [0.15, 0.2) is 0 Å². The van der Waals surface area contributed by atoms with E-state index in [1.54, 1.807) is 0 Å². The van der Waals surface area contributed by atoms with Gasteiger partial charge in [-0.05, 0) is 42.4 Å². The fourth-order valence-electron chi connectivity index (χ4n) is 5.66. The molecule has 0 spiro atoms. The normalized spacial score (nSPS) is 34.7. The number of nitrogens with one attached hydrogen (secondary N) is 1. The largest absolute Gasteiger partial charge is 0.338 e. The van der Waals surface area contributed by atoms with E-state index in [4.69, 9.17) is 0 Å². The lowest BCUT2D eigenvalue weighted by Crippen LogP contribution is -2.44. The average Bonchev–Trinajstić information content (AvgIpc) is 2.69. The number of fused-ring (bicyclic) bond motifs is 2. The van der Waals surface area contributed by atoms with E-state index in [-0.39, 0.29) is 6.03 Å². The van der Waals surface area contributed by atoms with E-state index >= 15 is 0 Å². The molecule has 3 rings (SSSR count). The Labute approximate surface area is 136 Å². The molecule has 0 aromatic carbocycles. The number of hydrogen-bond donors (Lipinski definition) is 1. The van der Waals surface area contributed by atoms with E-state index in [1.165, 1.54) is 57.8 Å². The van der Waals surface area contributed by atoms with Crippen molar-refractivity contribution in [1.29, 1.82) is 0 Å². The third-order valence-corrected chi connectivity index (χ3v) is 6.23. The molecule has 2 unspecified atom stereocenters. The standard InChI is InChI=1S/C19H34N2O/c1-18(2)11-16-12-19(3,13-18)14-21(16)17(22)20-10-9-15-7-5-4-6-8-15/h15-16H,4-14H2,1-3H3,(H,20,22). The molecule has 3 heteroatoms. The molecule has 2 bridgehead atoms. The first-order valence-corrected chi connectivity index (χ1v) is 9.41. The lowest BCUT2D eigenvalue weighted by atomic mass is 9.65. The topological polar surface area (TPSA) is 32.3 Å². The first kappa shape index (κ1) is 16.1. The van der Waals surface area contributed by atoms with E-state index in [2.05, 4.69) is 31.0 Å². The van der Waals surface area contributed by atoms with Gasteiger partial charge in [0.2, 0.25) is 0 Å². The molecule has 2 aliphatic carbocycles. The van der Waals surface area contributed by atoms with Gasteiger partial charge in [0.25, 0.3) is 0 Å².